The highest BCUT2D eigenvalue weighted by Gasteiger charge is 2.17. The van der Waals surface area contributed by atoms with E-state index in [0.717, 1.165) is 15.2 Å². The number of rotatable bonds is 4. The van der Waals surface area contributed by atoms with Crippen molar-refractivity contribution in [1.82, 2.24) is 0 Å². The molecule has 0 amide bonds. The largest absolute Gasteiger partial charge is 0.193 e. The van der Waals surface area contributed by atoms with Gasteiger partial charge in [0.25, 0.3) is 0 Å². The fourth-order valence-electron chi connectivity index (χ4n) is 0.938. The summed E-state index contributed by atoms with van der Waals surface area (Å²) in [7, 11) is -1.40. The highest BCUT2D eigenvalue weighted by Crippen LogP contribution is 2.12. The van der Waals surface area contributed by atoms with E-state index in [4.69, 9.17) is 0 Å². The van der Waals surface area contributed by atoms with Gasteiger partial charge in [-0.15, -0.1) is 26.8 Å². The van der Waals surface area contributed by atoms with Crippen LogP contribution in [0.5, 0.6) is 0 Å². The van der Waals surface area contributed by atoms with Gasteiger partial charge in [0.05, 0.1) is 0 Å². The van der Waals surface area contributed by atoms with Gasteiger partial charge in [-0.3, -0.25) is 0 Å². The van der Waals surface area contributed by atoms with Gasteiger partial charge in [-0.2, -0.15) is 0 Å². The molecule has 0 aliphatic rings. The Morgan fingerprint density at radius 1 is 0.750 bits per heavy atom. The second-order valence-electron chi connectivity index (χ2n) is 5.82. The average molecular weight is 282 g/mol. The molecule has 0 saturated carbocycles. The van der Waals surface area contributed by atoms with Crippen molar-refractivity contribution in [1.29, 1.82) is 0 Å². The molecule has 0 atom stereocenters. The van der Waals surface area contributed by atoms with Crippen LogP contribution in [0.15, 0.2) is 0 Å². The van der Waals surface area contributed by atoms with Gasteiger partial charge in [-0.1, -0.05) is 39.3 Å². The van der Waals surface area contributed by atoms with Crippen molar-refractivity contribution >= 4 is 48.3 Å². The molecule has 0 aromatic rings. The van der Waals surface area contributed by atoms with Gasteiger partial charge in [-0.05, 0) is 0 Å². The van der Waals surface area contributed by atoms with E-state index in [1.54, 1.807) is 9.81 Å². The highest BCUT2D eigenvalue weighted by molar-refractivity contribution is 8.93. The molecule has 0 saturated heterocycles. The lowest BCUT2D eigenvalue weighted by atomic mass is 11.7. The van der Waals surface area contributed by atoms with E-state index in [1.165, 1.54) is 0 Å². The predicted molar refractivity (Wildman–Crippen MR) is 72.4 cm³/mol. The molecule has 0 aliphatic carbocycles. The second kappa shape index (κ2) is 6.03. The lowest BCUT2D eigenvalue weighted by Gasteiger charge is -2.19. The van der Waals surface area contributed by atoms with Crippen LogP contribution in [-0.2, 0) is 0 Å². The average Bonchev–Trinajstić information content (AvgIpc) is 1.55. The normalized spacial score (nSPS) is 12.2. The van der Waals surface area contributed by atoms with E-state index < -0.39 is 16.1 Å². The van der Waals surface area contributed by atoms with Crippen molar-refractivity contribution in [3.05, 3.63) is 0 Å². The first kappa shape index (κ1) is 15.9. The molecule has 0 nitrogen and oxygen atoms in total. The van der Waals surface area contributed by atoms with Crippen LogP contribution in [0.25, 0.3) is 0 Å². The third-order valence-electron chi connectivity index (χ3n) is 1.51. The van der Waals surface area contributed by atoms with Gasteiger partial charge in [0.15, 0.2) is 15.2 Å². The minimum Gasteiger partial charge on any atom is -0.114 e. The summed E-state index contributed by atoms with van der Waals surface area (Å²) in [6.07, 6.45) is 0. The van der Waals surface area contributed by atoms with Crippen molar-refractivity contribution in [2.24, 2.45) is 0 Å². The van der Waals surface area contributed by atoms with E-state index in [0.29, 0.717) is 0 Å². The number of hydrogen-bond donors (Lipinski definition) is 0. The summed E-state index contributed by atoms with van der Waals surface area (Å²) in [4.78, 5) is 3.22. The predicted octanol–water partition coefficient (Wildman–Crippen LogP) is 3.86. The van der Waals surface area contributed by atoms with Crippen LogP contribution in [-0.4, -0.2) is 31.4 Å². The van der Waals surface area contributed by atoms with Crippen LogP contribution in [0, 0.1) is 0 Å². The lowest BCUT2D eigenvalue weighted by Crippen LogP contribution is -2.28. The summed E-state index contributed by atoms with van der Waals surface area (Å²) in [5, 5.41) is 0. The maximum atomic E-state index is 2.49. The van der Waals surface area contributed by atoms with Gasteiger partial charge in [-0.25, -0.2) is 0 Å². The fraction of sp³-hybridized carbons (Fsp3) is 1.00. The summed E-state index contributed by atoms with van der Waals surface area (Å²) in [6.45, 7) is 14.9. The van der Waals surface area contributed by atoms with E-state index in [-0.39, 0.29) is 17.0 Å². The van der Waals surface area contributed by atoms with E-state index in [1.807, 2.05) is 0 Å². The first-order chi connectivity index (χ1) is 4.71. The Kier molecular flexibility index (Phi) is 7.99. The van der Waals surface area contributed by atoms with Crippen molar-refractivity contribution in [3.63, 3.8) is 0 Å². The van der Waals surface area contributed by atoms with Crippen LogP contribution in [0.3, 0.4) is 0 Å². The van der Waals surface area contributed by atoms with Gasteiger partial charge in [0, 0.05) is 16.1 Å². The number of hydrogen-bond acceptors (Lipinski definition) is 0. The SMILES string of the molecule is Br.C[Si](C)(C)[CH2][Al][CH2][Si](C)(C)C. The Hall–Kier alpha value is 1.45. The lowest BCUT2D eigenvalue weighted by molar-refractivity contribution is 1.57. The van der Waals surface area contributed by atoms with Gasteiger partial charge in [0.1, 0.15) is 0 Å². The van der Waals surface area contributed by atoms with E-state index >= 15 is 0 Å². The number of halogens is 1. The molecule has 0 N–H and O–H groups in total. The monoisotopic (exact) mass is 281 g/mol. The topological polar surface area (TPSA) is 0 Å². The quantitative estimate of drug-likeness (QED) is 0.687. The first-order valence-corrected chi connectivity index (χ1v) is 13.6. The first-order valence-electron chi connectivity index (χ1n) is 4.52. The zero-order chi connectivity index (χ0) is 9.12. The second-order valence-corrected chi connectivity index (χ2v) is 19.9. The fourth-order valence-corrected chi connectivity index (χ4v) is 9.74. The van der Waals surface area contributed by atoms with Crippen molar-refractivity contribution in [3.8, 4) is 0 Å². The molecule has 0 unspecified atom stereocenters. The summed E-state index contributed by atoms with van der Waals surface area (Å²) < 4.78 is 0. The third kappa shape index (κ3) is 14.0. The minimum absolute atomic E-state index is 0. The van der Waals surface area contributed by atoms with Crippen molar-refractivity contribution < 1.29 is 0 Å². The smallest absolute Gasteiger partial charge is 0.114 e. The van der Waals surface area contributed by atoms with Crippen LogP contribution in [0.2, 0.25) is 49.1 Å². The van der Waals surface area contributed by atoms with Crippen LogP contribution in [0.1, 0.15) is 0 Å². The summed E-state index contributed by atoms with van der Waals surface area (Å²) in [5.74, 6) is 0. The van der Waals surface area contributed by atoms with Gasteiger partial charge >= 0.3 is 0 Å². The molecule has 0 fully saturated rings. The summed E-state index contributed by atoms with van der Waals surface area (Å²) in [6, 6.07) is 0. The molecule has 4 heteroatoms. The Balaban J connectivity index is 0. The Bertz CT molecular complexity index is 101. The molecule has 0 spiro atoms. The molecule has 0 heterocycles. The molecule has 0 aromatic carbocycles. The Morgan fingerprint density at radius 3 is 1.17 bits per heavy atom. The zero-order valence-electron chi connectivity index (χ0n) is 9.40. The molecule has 12 heavy (non-hydrogen) atoms. The van der Waals surface area contributed by atoms with Crippen LogP contribution >= 0.6 is 17.0 Å². The standard InChI is InChI=1S/2C4H11Si.Al.BrH/c2*1-5(2,3)4;;/h2*1H2,2-4H3;;1H. The highest BCUT2D eigenvalue weighted by atomic mass is 79.9. The molecule has 0 rings (SSSR count). The van der Waals surface area contributed by atoms with Crippen LogP contribution < -0.4 is 0 Å². The maximum absolute atomic E-state index is 2.49. The molecular formula is C8H23AlBrSi2. The molecule has 0 aliphatic heterocycles. The Morgan fingerprint density at radius 2 is 1.00 bits per heavy atom. The molecule has 0 aromatic heterocycles. The zero-order valence-corrected chi connectivity index (χ0v) is 14.3. The minimum atomic E-state index is -0.698. The van der Waals surface area contributed by atoms with Crippen molar-refractivity contribution in [2.45, 2.75) is 49.1 Å². The summed E-state index contributed by atoms with van der Waals surface area (Å²) >= 11 is 0.792. The van der Waals surface area contributed by atoms with Crippen LogP contribution in [0.4, 0.5) is 0 Å². The van der Waals surface area contributed by atoms with Gasteiger partial charge in [0.2, 0.25) is 0 Å². The van der Waals surface area contributed by atoms with Crippen molar-refractivity contribution in [2.75, 3.05) is 0 Å². The molecular weight excluding hydrogens is 259 g/mol. The summed E-state index contributed by atoms with van der Waals surface area (Å²) in [5.41, 5.74) is 0. The molecule has 1 radical (unpaired) electrons. The van der Waals surface area contributed by atoms with E-state index in [2.05, 4.69) is 39.3 Å². The maximum Gasteiger partial charge on any atom is 0.193 e. The van der Waals surface area contributed by atoms with E-state index in [9.17, 15) is 0 Å². The van der Waals surface area contributed by atoms with Gasteiger partial charge < -0.3 is 0 Å². The molecule has 0 bridgehead atoms. The molecule has 73 valence electrons. The Labute approximate surface area is 97.0 Å². The third-order valence-corrected chi connectivity index (χ3v) is 13.6.